The molecule has 0 aliphatic heterocycles. The second-order valence-electron chi connectivity index (χ2n) is 7.35. The Balaban J connectivity index is 1.65. The number of benzene rings is 2. The van der Waals surface area contributed by atoms with Gasteiger partial charge >= 0.3 is 0 Å². The molecule has 1 unspecified atom stereocenters. The lowest BCUT2D eigenvalue weighted by Gasteiger charge is -2.11. The Bertz CT molecular complexity index is 1300. The van der Waals surface area contributed by atoms with Crippen LogP contribution < -0.4 is 4.74 Å². The van der Waals surface area contributed by atoms with Gasteiger partial charge in [0.05, 0.1) is 18.9 Å². The molecule has 0 radical (unpaired) electrons. The highest BCUT2D eigenvalue weighted by molar-refractivity contribution is 7.99. The Labute approximate surface area is 200 Å². The molecular weight excluding hydrogens is 454 g/mol. The van der Waals surface area contributed by atoms with Crippen molar-refractivity contribution in [1.82, 2.24) is 19.7 Å². The third-order valence-corrected chi connectivity index (χ3v) is 6.93. The number of aryl methyl sites for hydroxylation is 2. The zero-order valence-corrected chi connectivity index (χ0v) is 20.0. The maximum Gasteiger partial charge on any atom is 0.196 e. The highest BCUT2D eigenvalue weighted by Gasteiger charge is 2.25. The molecule has 0 fully saturated rings. The first-order valence-electron chi connectivity index (χ1n) is 10.1. The van der Waals surface area contributed by atoms with Crippen LogP contribution in [0.25, 0.3) is 17.1 Å². The number of thiazole rings is 1. The number of methoxy groups -OCH3 is 1. The van der Waals surface area contributed by atoms with Gasteiger partial charge in [0.2, 0.25) is 0 Å². The SMILES string of the molecule is COc1ccc(-c2nnc(SCC(=O)C(C#N)c3nc(C)cs3)n2-c2ccc(C)cc2)cc1. The fourth-order valence-corrected chi connectivity index (χ4v) is 4.92. The number of carbonyl (C=O) groups excluding carboxylic acids is 1. The highest BCUT2D eigenvalue weighted by Crippen LogP contribution is 2.30. The summed E-state index contributed by atoms with van der Waals surface area (Å²) in [5, 5.41) is 21.3. The topological polar surface area (TPSA) is 93.7 Å². The van der Waals surface area contributed by atoms with Gasteiger partial charge in [-0.2, -0.15) is 5.26 Å². The van der Waals surface area contributed by atoms with Crippen molar-refractivity contribution in [2.24, 2.45) is 0 Å². The Morgan fingerprint density at radius 1 is 1.15 bits per heavy atom. The third kappa shape index (κ3) is 4.97. The van der Waals surface area contributed by atoms with Gasteiger partial charge in [0.1, 0.15) is 10.8 Å². The summed E-state index contributed by atoms with van der Waals surface area (Å²) in [5.41, 5.74) is 3.70. The minimum absolute atomic E-state index is 0.0868. The predicted molar refractivity (Wildman–Crippen MR) is 129 cm³/mol. The number of hydrogen-bond donors (Lipinski definition) is 0. The van der Waals surface area contributed by atoms with Crippen molar-refractivity contribution in [3.63, 3.8) is 0 Å². The number of hydrogen-bond acceptors (Lipinski definition) is 8. The number of carbonyl (C=O) groups is 1. The van der Waals surface area contributed by atoms with Crippen molar-refractivity contribution in [2.45, 2.75) is 24.9 Å². The molecule has 2 aromatic carbocycles. The smallest absolute Gasteiger partial charge is 0.196 e. The third-order valence-electron chi connectivity index (χ3n) is 4.95. The second kappa shape index (κ2) is 9.98. The van der Waals surface area contributed by atoms with E-state index in [1.807, 2.05) is 72.3 Å². The molecule has 166 valence electrons. The standard InChI is InChI=1S/C24H21N5O2S2/c1-15-4-8-18(9-5-15)29-22(17-6-10-19(31-3)11-7-17)27-28-24(29)33-14-21(30)20(12-25)23-26-16(2)13-32-23/h4-11,13,20H,14H2,1-3H3. The van der Waals surface area contributed by atoms with Gasteiger partial charge in [-0.1, -0.05) is 29.5 Å². The zero-order chi connectivity index (χ0) is 23.4. The molecule has 4 rings (SSSR count). The molecule has 0 N–H and O–H groups in total. The van der Waals surface area contributed by atoms with Crippen LogP contribution in [-0.4, -0.2) is 38.4 Å². The summed E-state index contributed by atoms with van der Waals surface area (Å²) in [5.74, 6) is 0.405. The van der Waals surface area contributed by atoms with E-state index in [0.29, 0.717) is 16.0 Å². The largest absolute Gasteiger partial charge is 0.497 e. The first kappa shape index (κ1) is 22.7. The molecule has 4 aromatic rings. The molecule has 33 heavy (non-hydrogen) atoms. The Morgan fingerprint density at radius 2 is 1.88 bits per heavy atom. The lowest BCUT2D eigenvalue weighted by molar-refractivity contribution is -0.116. The van der Waals surface area contributed by atoms with Crippen LogP contribution in [0, 0.1) is 25.2 Å². The summed E-state index contributed by atoms with van der Waals surface area (Å²) in [6.45, 7) is 3.87. The number of thioether (sulfide) groups is 1. The Kier molecular flexibility index (Phi) is 6.87. The van der Waals surface area contributed by atoms with E-state index in [1.54, 1.807) is 7.11 Å². The average Bonchev–Trinajstić information content (AvgIpc) is 3.45. The van der Waals surface area contributed by atoms with Crippen LogP contribution in [0.5, 0.6) is 5.75 Å². The normalized spacial score (nSPS) is 11.7. The van der Waals surface area contributed by atoms with Crippen molar-refractivity contribution in [1.29, 1.82) is 5.26 Å². The van der Waals surface area contributed by atoms with Crippen LogP contribution in [0.4, 0.5) is 0 Å². The molecule has 0 aliphatic carbocycles. The first-order valence-corrected chi connectivity index (χ1v) is 12.0. The summed E-state index contributed by atoms with van der Waals surface area (Å²) >= 11 is 2.59. The molecule has 0 amide bonds. The number of nitriles is 1. The Hall–Kier alpha value is -3.48. The summed E-state index contributed by atoms with van der Waals surface area (Å²) in [7, 11) is 1.62. The van der Waals surface area contributed by atoms with E-state index in [2.05, 4.69) is 21.3 Å². The molecule has 0 aliphatic rings. The molecule has 9 heteroatoms. The zero-order valence-electron chi connectivity index (χ0n) is 18.3. The quantitative estimate of drug-likeness (QED) is 0.332. The Morgan fingerprint density at radius 3 is 2.48 bits per heavy atom. The number of aromatic nitrogens is 4. The molecule has 7 nitrogen and oxygen atoms in total. The average molecular weight is 476 g/mol. The lowest BCUT2D eigenvalue weighted by Crippen LogP contribution is -2.13. The fourth-order valence-electron chi connectivity index (χ4n) is 3.21. The van der Waals surface area contributed by atoms with Gasteiger partial charge in [0, 0.05) is 22.3 Å². The number of nitrogens with zero attached hydrogens (tertiary/aromatic N) is 5. The van der Waals surface area contributed by atoms with Crippen molar-refractivity contribution in [3.8, 4) is 28.9 Å². The maximum absolute atomic E-state index is 12.8. The molecule has 0 bridgehead atoms. The van der Waals surface area contributed by atoms with Crippen LogP contribution in [0.3, 0.4) is 0 Å². The van der Waals surface area contributed by atoms with E-state index in [4.69, 9.17) is 4.74 Å². The van der Waals surface area contributed by atoms with Gasteiger partial charge in [-0.15, -0.1) is 21.5 Å². The maximum atomic E-state index is 12.8. The van der Waals surface area contributed by atoms with Crippen molar-refractivity contribution in [2.75, 3.05) is 12.9 Å². The van der Waals surface area contributed by atoms with Crippen molar-refractivity contribution in [3.05, 3.63) is 70.2 Å². The van der Waals surface area contributed by atoms with Crippen LogP contribution >= 0.6 is 23.1 Å². The van der Waals surface area contributed by atoms with Crippen LogP contribution in [-0.2, 0) is 4.79 Å². The van der Waals surface area contributed by atoms with Crippen LogP contribution in [0.15, 0.2) is 59.1 Å². The molecule has 2 heterocycles. The van der Waals surface area contributed by atoms with E-state index >= 15 is 0 Å². The molecule has 2 aromatic heterocycles. The van der Waals surface area contributed by atoms with Gasteiger partial charge < -0.3 is 4.74 Å². The van der Waals surface area contributed by atoms with E-state index in [9.17, 15) is 10.1 Å². The minimum atomic E-state index is -0.881. The van der Waals surface area contributed by atoms with E-state index in [1.165, 1.54) is 23.1 Å². The first-order chi connectivity index (χ1) is 16.0. The van der Waals surface area contributed by atoms with Crippen LogP contribution in [0.2, 0.25) is 0 Å². The number of Topliss-reactive ketones (excluding diaryl/α,β-unsaturated/α-hetero) is 1. The molecular formula is C24H21N5O2S2. The monoisotopic (exact) mass is 475 g/mol. The van der Waals surface area contributed by atoms with Crippen molar-refractivity contribution < 1.29 is 9.53 Å². The molecule has 0 saturated carbocycles. The molecule has 0 spiro atoms. The summed E-state index contributed by atoms with van der Waals surface area (Å²) in [4.78, 5) is 17.2. The van der Waals surface area contributed by atoms with Gasteiger partial charge in [0.15, 0.2) is 22.7 Å². The summed E-state index contributed by atoms with van der Waals surface area (Å²) in [6, 6.07) is 17.7. The number of rotatable bonds is 8. The van der Waals surface area contributed by atoms with E-state index in [-0.39, 0.29) is 11.5 Å². The van der Waals surface area contributed by atoms with Crippen molar-refractivity contribution >= 4 is 28.9 Å². The predicted octanol–water partition coefficient (Wildman–Crippen LogP) is 4.98. The van der Waals surface area contributed by atoms with E-state index < -0.39 is 5.92 Å². The van der Waals surface area contributed by atoms with Crippen LogP contribution in [0.1, 0.15) is 22.2 Å². The minimum Gasteiger partial charge on any atom is -0.497 e. The number of ether oxygens (including phenoxy) is 1. The number of ketones is 1. The highest BCUT2D eigenvalue weighted by atomic mass is 32.2. The molecule has 0 saturated heterocycles. The molecule has 1 atom stereocenters. The van der Waals surface area contributed by atoms with Gasteiger partial charge in [-0.25, -0.2) is 4.98 Å². The van der Waals surface area contributed by atoms with E-state index in [0.717, 1.165) is 28.3 Å². The van der Waals surface area contributed by atoms with Gasteiger partial charge in [0.25, 0.3) is 0 Å². The second-order valence-corrected chi connectivity index (χ2v) is 9.18. The summed E-state index contributed by atoms with van der Waals surface area (Å²) < 4.78 is 7.18. The lowest BCUT2D eigenvalue weighted by atomic mass is 10.1. The van der Waals surface area contributed by atoms with Gasteiger partial charge in [-0.3, -0.25) is 9.36 Å². The summed E-state index contributed by atoms with van der Waals surface area (Å²) in [6.07, 6.45) is 0. The van der Waals surface area contributed by atoms with Gasteiger partial charge in [-0.05, 0) is 50.2 Å². The fraction of sp³-hybridized carbons (Fsp3) is 0.208.